The number of rotatable bonds is 2. The zero-order chi connectivity index (χ0) is 21.4. The predicted molar refractivity (Wildman–Crippen MR) is 109 cm³/mol. The van der Waals surface area contributed by atoms with Crippen molar-refractivity contribution < 1.29 is 18.6 Å². The smallest absolute Gasteiger partial charge is 0.177 e. The zero-order valence-corrected chi connectivity index (χ0v) is 16.8. The number of H-pyrrole nitrogens is 1. The molecule has 31 heavy (non-hydrogen) atoms. The molecule has 7 nitrogen and oxygen atoms in total. The molecule has 1 aromatic carbocycles. The number of hydrogen-bond acceptors (Lipinski definition) is 6. The van der Waals surface area contributed by atoms with Crippen molar-refractivity contribution >= 4 is 17.0 Å². The van der Waals surface area contributed by atoms with Gasteiger partial charge in [0.2, 0.25) is 0 Å². The number of aromatic amines is 1. The van der Waals surface area contributed by atoms with Crippen LogP contribution in [-0.4, -0.2) is 51.6 Å². The molecule has 0 aliphatic carbocycles. The van der Waals surface area contributed by atoms with Crippen LogP contribution in [0.4, 0.5) is 14.6 Å². The molecule has 0 bridgehead atoms. The molecule has 0 radical (unpaired) electrons. The number of aliphatic hydroxyl groups is 1. The molecular weight excluding hydrogens is 404 g/mol. The first kappa shape index (κ1) is 19.8. The molecule has 0 unspecified atom stereocenters. The number of ether oxygens (including phenoxy) is 1. The highest BCUT2D eigenvalue weighted by molar-refractivity contribution is 5.78. The van der Waals surface area contributed by atoms with Crippen molar-refractivity contribution in [1.29, 1.82) is 0 Å². The molecule has 2 aliphatic rings. The summed E-state index contributed by atoms with van der Waals surface area (Å²) in [6.07, 6.45) is 3.12. The van der Waals surface area contributed by atoms with E-state index >= 15 is 0 Å². The van der Waals surface area contributed by atoms with Crippen LogP contribution in [-0.2, 0) is 11.3 Å². The normalized spacial score (nSPS) is 17.8. The van der Waals surface area contributed by atoms with Crippen molar-refractivity contribution in [3.05, 3.63) is 46.8 Å². The Morgan fingerprint density at radius 2 is 1.87 bits per heavy atom. The number of benzene rings is 1. The fourth-order valence-electron chi connectivity index (χ4n) is 4.31. The maximum absolute atomic E-state index is 13.4. The Morgan fingerprint density at radius 3 is 2.55 bits per heavy atom. The highest BCUT2D eigenvalue weighted by Crippen LogP contribution is 2.40. The summed E-state index contributed by atoms with van der Waals surface area (Å²) in [6, 6.07) is 3.08. The van der Waals surface area contributed by atoms with E-state index in [1.165, 1.54) is 0 Å². The molecule has 2 N–H and O–H groups in total. The summed E-state index contributed by atoms with van der Waals surface area (Å²) in [4.78, 5) is 11.3. The van der Waals surface area contributed by atoms with Gasteiger partial charge in [-0.2, -0.15) is 5.10 Å². The van der Waals surface area contributed by atoms with Gasteiger partial charge in [0, 0.05) is 31.3 Å². The number of halogens is 2. The lowest BCUT2D eigenvalue weighted by Gasteiger charge is -2.39. The monoisotopic (exact) mass is 425 g/mol. The number of nitrogens with zero attached hydrogens (tertiary/aromatic N) is 4. The SMILES string of the molecule is OCc1nc2c(C#Cc3cc(F)cc(F)c3)n[nH]c2nc1N1CCC2(CCOC2)CC1. The van der Waals surface area contributed by atoms with Crippen LogP contribution in [0.2, 0.25) is 0 Å². The molecule has 0 atom stereocenters. The van der Waals surface area contributed by atoms with E-state index in [2.05, 4.69) is 36.9 Å². The van der Waals surface area contributed by atoms with E-state index in [9.17, 15) is 13.9 Å². The van der Waals surface area contributed by atoms with Crippen LogP contribution in [0.1, 0.15) is 36.2 Å². The summed E-state index contributed by atoms with van der Waals surface area (Å²) in [5.74, 6) is 4.72. The summed E-state index contributed by atoms with van der Waals surface area (Å²) >= 11 is 0. The average molecular weight is 425 g/mol. The second-order valence-electron chi connectivity index (χ2n) is 8.12. The number of anilines is 1. The van der Waals surface area contributed by atoms with E-state index in [4.69, 9.17) is 4.74 Å². The summed E-state index contributed by atoms with van der Waals surface area (Å²) < 4.78 is 32.3. The van der Waals surface area contributed by atoms with Crippen molar-refractivity contribution in [2.24, 2.45) is 5.41 Å². The van der Waals surface area contributed by atoms with Crippen LogP contribution in [0.25, 0.3) is 11.2 Å². The first-order valence-corrected chi connectivity index (χ1v) is 10.2. The van der Waals surface area contributed by atoms with Crippen LogP contribution in [0, 0.1) is 28.9 Å². The van der Waals surface area contributed by atoms with Crippen LogP contribution in [0.3, 0.4) is 0 Å². The molecule has 1 spiro atoms. The molecule has 0 saturated carbocycles. The van der Waals surface area contributed by atoms with Gasteiger partial charge < -0.3 is 14.7 Å². The molecule has 2 saturated heterocycles. The first-order chi connectivity index (χ1) is 15.0. The minimum Gasteiger partial charge on any atom is -0.390 e. The molecular formula is C22H21F2N5O2. The fraction of sp³-hybridized carbons (Fsp3) is 0.409. The molecule has 2 aromatic heterocycles. The van der Waals surface area contributed by atoms with Gasteiger partial charge in [-0.15, -0.1) is 0 Å². The Morgan fingerprint density at radius 1 is 1.10 bits per heavy atom. The number of piperidine rings is 1. The van der Waals surface area contributed by atoms with Crippen molar-refractivity contribution in [1.82, 2.24) is 20.2 Å². The average Bonchev–Trinajstić information content (AvgIpc) is 3.38. The lowest BCUT2D eigenvalue weighted by atomic mass is 9.78. The summed E-state index contributed by atoms with van der Waals surface area (Å²) in [7, 11) is 0. The van der Waals surface area contributed by atoms with E-state index in [1.807, 2.05) is 0 Å². The Labute approximate surface area is 177 Å². The van der Waals surface area contributed by atoms with Crippen LogP contribution >= 0.6 is 0 Å². The number of fused-ring (bicyclic) bond motifs is 1. The molecule has 0 amide bonds. The molecule has 9 heteroatoms. The fourth-order valence-corrected chi connectivity index (χ4v) is 4.31. The third-order valence-electron chi connectivity index (χ3n) is 6.09. The third-order valence-corrected chi connectivity index (χ3v) is 6.09. The van der Waals surface area contributed by atoms with Gasteiger partial charge in [-0.25, -0.2) is 18.7 Å². The van der Waals surface area contributed by atoms with Crippen molar-refractivity contribution in [3.63, 3.8) is 0 Å². The summed E-state index contributed by atoms with van der Waals surface area (Å²) in [5, 5.41) is 16.9. The number of hydrogen-bond donors (Lipinski definition) is 2. The van der Waals surface area contributed by atoms with Gasteiger partial charge in [0.1, 0.15) is 22.8 Å². The summed E-state index contributed by atoms with van der Waals surface area (Å²) in [5.41, 5.74) is 2.07. The number of aliphatic hydroxyl groups excluding tert-OH is 1. The van der Waals surface area contributed by atoms with Gasteiger partial charge >= 0.3 is 0 Å². The lowest BCUT2D eigenvalue weighted by molar-refractivity contribution is 0.133. The van der Waals surface area contributed by atoms with Crippen LogP contribution < -0.4 is 4.90 Å². The lowest BCUT2D eigenvalue weighted by Crippen LogP contribution is -2.41. The molecule has 2 fully saturated rings. The van der Waals surface area contributed by atoms with E-state index in [-0.39, 0.29) is 17.6 Å². The van der Waals surface area contributed by atoms with E-state index in [1.54, 1.807) is 0 Å². The van der Waals surface area contributed by atoms with Gasteiger partial charge in [0.25, 0.3) is 0 Å². The largest absolute Gasteiger partial charge is 0.390 e. The molecule has 2 aliphatic heterocycles. The number of nitrogens with one attached hydrogen (secondary N) is 1. The maximum atomic E-state index is 13.4. The van der Waals surface area contributed by atoms with E-state index in [0.717, 1.165) is 63.8 Å². The molecule has 3 aromatic rings. The number of aromatic nitrogens is 4. The Bertz CT molecular complexity index is 1160. The second-order valence-corrected chi connectivity index (χ2v) is 8.12. The van der Waals surface area contributed by atoms with Crippen LogP contribution in [0.5, 0.6) is 0 Å². The third kappa shape index (κ3) is 3.84. The van der Waals surface area contributed by atoms with Crippen molar-refractivity contribution in [2.75, 3.05) is 31.2 Å². The Balaban J connectivity index is 1.44. The molecule has 4 heterocycles. The highest BCUT2D eigenvalue weighted by atomic mass is 19.1. The van der Waals surface area contributed by atoms with Crippen molar-refractivity contribution in [2.45, 2.75) is 25.9 Å². The minimum atomic E-state index is -0.698. The summed E-state index contributed by atoms with van der Waals surface area (Å²) in [6.45, 7) is 3.02. The Hall–Kier alpha value is -3.09. The van der Waals surface area contributed by atoms with E-state index in [0.29, 0.717) is 28.4 Å². The van der Waals surface area contributed by atoms with Gasteiger partial charge in [0.05, 0.1) is 13.2 Å². The van der Waals surface area contributed by atoms with Crippen molar-refractivity contribution in [3.8, 4) is 11.8 Å². The standard InChI is InChI=1S/C22H21F2N5O2/c23-15-9-14(10-16(24)11-15)1-2-17-19-20(28-27-17)26-21(18(12-30)25-19)29-6-3-22(4-7-29)5-8-31-13-22/h9-11,30H,3-8,12-13H2,(H,26,27,28). The molecule has 5 rings (SSSR count). The first-order valence-electron chi connectivity index (χ1n) is 10.2. The quantitative estimate of drug-likeness (QED) is 0.614. The van der Waals surface area contributed by atoms with Gasteiger partial charge in [0.15, 0.2) is 17.2 Å². The molecule has 160 valence electrons. The second kappa shape index (κ2) is 7.87. The minimum absolute atomic E-state index is 0.193. The van der Waals surface area contributed by atoms with Gasteiger partial charge in [-0.3, -0.25) is 5.10 Å². The Kier molecular flexibility index (Phi) is 5.04. The van der Waals surface area contributed by atoms with Crippen LogP contribution in [0.15, 0.2) is 18.2 Å². The van der Waals surface area contributed by atoms with Gasteiger partial charge in [-0.05, 0) is 42.7 Å². The topological polar surface area (TPSA) is 87.2 Å². The van der Waals surface area contributed by atoms with Gasteiger partial charge in [-0.1, -0.05) is 5.92 Å². The highest BCUT2D eigenvalue weighted by Gasteiger charge is 2.38. The van der Waals surface area contributed by atoms with E-state index < -0.39 is 11.6 Å². The predicted octanol–water partition coefficient (Wildman–Crippen LogP) is 2.53. The maximum Gasteiger partial charge on any atom is 0.177 e. The zero-order valence-electron chi connectivity index (χ0n) is 16.8.